The number of thiophene rings is 1. The molecule has 1 atom stereocenters. The van der Waals surface area contributed by atoms with E-state index in [0.29, 0.717) is 0 Å². The van der Waals surface area contributed by atoms with Crippen LogP contribution in [0.25, 0.3) is 0 Å². The minimum atomic E-state index is -0.145. The molecule has 0 aliphatic carbocycles. The fourth-order valence-corrected chi connectivity index (χ4v) is 2.36. The molecule has 0 aromatic carbocycles. The van der Waals surface area contributed by atoms with Gasteiger partial charge in [0.05, 0.1) is 6.26 Å². The molecule has 0 radical (unpaired) electrons. The molecule has 0 aliphatic rings. The summed E-state index contributed by atoms with van der Waals surface area (Å²) < 4.78 is 5.23. The standard InChI is InChI=1S/C10H9ClOS/c1-7-4-5-9(13-7)10(11)8-3-2-6-12-8/h2-6,10H,1H3. The maximum atomic E-state index is 6.20. The molecule has 2 aromatic heterocycles. The number of rotatable bonds is 2. The summed E-state index contributed by atoms with van der Waals surface area (Å²) in [7, 11) is 0. The van der Waals surface area contributed by atoms with E-state index < -0.39 is 0 Å². The zero-order chi connectivity index (χ0) is 9.26. The molecule has 13 heavy (non-hydrogen) atoms. The molecular formula is C10H9ClOS. The summed E-state index contributed by atoms with van der Waals surface area (Å²) >= 11 is 7.91. The van der Waals surface area contributed by atoms with Crippen molar-refractivity contribution in [2.24, 2.45) is 0 Å². The van der Waals surface area contributed by atoms with Gasteiger partial charge in [-0.25, -0.2) is 0 Å². The maximum absolute atomic E-state index is 6.20. The van der Waals surface area contributed by atoms with Crippen LogP contribution >= 0.6 is 22.9 Å². The molecule has 3 heteroatoms. The van der Waals surface area contributed by atoms with E-state index in [1.54, 1.807) is 17.6 Å². The minimum Gasteiger partial charge on any atom is -0.467 e. The molecule has 0 N–H and O–H groups in total. The van der Waals surface area contributed by atoms with Crippen LogP contribution in [0.15, 0.2) is 34.9 Å². The van der Waals surface area contributed by atoms with Gasteiger partial charge in [0, 0.05) is 9.75 Å². The Morgan fingerprint density at radius 1 is 1.38 bits per heavy atom. The summed E-state index contributed by atoms with van der Waals surface area (Å²) in [5, 5.41) is -0.145. The third-order valence-corrected chi connectivity index (χ3v) is 3.45. The topological polar surface area (TPSA) is 13.1 Å². The van der Waals surface area contributed by atoms with Gasteiger partial charge in [0.15, 0.2) is 0 Å². The third-order valence-electron chi connectivity index (χ3n) is 1.80. The van der Waals surface area contributed by atoms with Gasteiger partial charge in [0.1, 0.15) is 11.1 Å². The zero-order valence-corrected chi connectivity index (χ0v) is 8.73. The van der Waals surface area contributed by atoms with Gasteiger partial charge < -0.3 is 4.42 Å². The van der Waals surface area contributed by atoms with Crippen LogP contribution in [-0.2, 0) is 0 Å². The Bertz CT molecular complexity index is 377. The summed E-state index contributed by atoms with van der Waals surface area (Å²) in [6.45, 7) is 2.07. The van der Waals surface area contributed by atoms with E-state index >= 15 is 0 Å². The fourth-order valence-electron chi connectivity index (χ4n) is 1.17. The third kappa shape index (κ3) is 1.79. The summed E-state index contributed by atoms with van der Waals surface area (Å²) in [6, 6.07) is 7.86. The SMILES string of the molecule is Cc1ccc(C(Cl)c2ccco2)s1. The number of hydrogen-bond donors (Lipinski definition) is 0. The summed E-state index contributed by atoms with van der Waals surface area (Å²) in [6.07, 6.45) is 1.64. The van der Waals surface area contributed by atoms with Crippen molar-refractivity contribution >= 4 is 22.9 Å². The number of furan rings is 1. The fraction of sp³-hybridized carbons (Fsp3) is 0.200. The normalized spacial score (nSPS) is 13.1. The van der Waals surface area contributed by atoms with Gasteiger partial charge in [-0.15, -0.1) is 22.9 Å². The van der Waals surface area contributed by atoms with Gasteiger partial charge in [-0.05, 0) is 31.2 Å². The van der Waals surface area contributed by atoms with E-state index in [4.69, 9.17) is 16.0 Å². The van der Waals surface area contributed by atoms with E-state index in [9.17, 15) is 0 Å². The summed E-state index contributed by atoms with van der Waals surface area (Å²) in [5.74, 6) is 0.809. The van der Waals surface area contributed by atoms with E-state index in [0.717, 1.165) is 10.6 Å². The van der Waals surface area contributed by atoms with Crippen LogP contribution in [0.5, 0.6) is 0 Å². The molecule has 0 saturated heterocycles. The van der Waals surface area contributed by atoms with Gasteiger partial charge >= 0.3 is 0 Å². The van der Waals surface area contributed by atoms with Crippen molar-refractivity contribution in [2.75, 3.05) is 0 Å². The average Bonchev–Trinajstić information content (AvgIpc) is 2.72. The lowest BCUT2D eigenvalue weighted by atomic mass is 10.3. The van der Waals surface area contributed by atoms with Crippen molar-refractivity contribution in [2.45, 2.75) is 12.3 Å². The van der Waals surface area contributed by atoms with Crippen LogP contribution in [0.2, 0.25) is 0 Å². The Morgan fingerprint density at radius 3 is 2.77 bits per heavy atom. The van der Waals surface area contributed by atoms with Crippen LogP contribution < -0.4 is 0 Å². The molecule has 2 rings (SSSR count). The molecule has 68 valence electrons. The van der Waals surface area contributed by atoms with Gasteiger partial charge in [0.25, 0.3) is 0 Å². The first kappa shape index (κ1) is 8.85. The van der Waals surface area contributed by atoms with Crippen LogP contribution in [0, 0.1) is 6.92 Å². The zero-order valence-electron chi connectivity index (χ0n) is 7.16. The van der Waals surface area contributed by atoms with E-state index in [-0.39, 0.29) is 5.38 Å². The number of aryl methyl sites for hydroxylation is 1. The Hall–Kier alpha value is -0.730. The second-order valence-corrected chi connectivity index (χ2v) is 4.58. The van der Waals surface area contributed by atoms with Crippen molar-refractivity contribution in [3.63, 3.8) is 0 Å². The van der Waals surface area contributed by atoms with Crippen LogP contribution in [0.1, 0.15) is 20.9 Å². The Balaban J connectivity index is 2.28. The van der Waals surface area contributed by atoms with E-state index in [1.807, 2.05) is 18.2 Å². The Kier molecular flexibility index (Phi) is 2.42. The lowest BCUT2D eigenvalue weighted by Gasteiger charge is -2.01. The largest absolute Gasteiger partial charge is 0.467 e. The molecule has 0 aliphatic heterocycles. The smallest absolute Gasteiger partial charge is 0.126 e. The predicted molar refractivity (Wildman–Crippen MR) is 55.5 cm³/mol. The maximum Gasteiger partial charge on any atom is 0.126 e. The molecule has 2 heterocycles. The molecule has 1 unspecified atom stereocenters. The van der Waals surface area contributed by atoms with Crippen molar-refractivity contribution in [3.05, 3.63) is 46.0 Å². The van der Waals surface area contributed by atoms with Crippen LogP contribution in [0.4, 0.5) is 0 Å². The molecule has 0 amide bonds. The highest BCUT2D eigenvalue weighted by Gasteiger charge is 2.14. The number of alkyl halides is 1. The molecule has 1 nitrogen and oxygen atoms in total. The first-order valence-corrected chi connectivity index (χ1v) is 5.26. The Labute approximate surface area is 86.0 Å². The quantitative estimate of drug-likeness (QED) is 0.687. The second kappa shape index (κ2) is 3.56. The molecule has 2 aromatic rings. The lowest BCUT2D eigenvalue weighted by molar-refractivity contribution is 0.517. The second-order valence-electron chi connectivity index (χ2n) is 2.83. The molecule has 0 saturated carbocycles. The molecule has 0 spiro atoms. The van der Waals surface area contributed by atoms with Crippen molar-refractivity contribution in [1.82, 2.24) is 0 Å². The highest BCUT2D eigenvalue weighted by Crippen LogP contribution is 2.33. The van der Waals surface area contributed by atoms with Crippen LogP contribution in [0.3, 0.4) is 0 Å². The number of halogens is 1. The predicted octanol–water partition coefficient (Wildman–Crippen LogP) is 3.98. The lowest BCUT2D eigenvalue weighted by Crippen LogP contribution is -1.85. The number of hydrogen-bond acceptors (Lipinski definition) is 2. The Morgan fingerprint density at radius 2 is 2.23 bits per heavy atom. The van der Waals surface area contributed by atoms with Gasteiger partial charge in [-0.2, -0.15) is 0 Å². The minimum absolute atomic E-state index is 0.145. The molecular weight excluding hydrogens is 204 g/mol. The highest BCUT2D eigenvalue weighted by atomic mass is 35.5. The summed E-state index contributed by atoms with van der Waals surface area (Å²) in [4.78, 5) is 2.40. The van der Waals surface area contributed by atoms with Gasteiger partial charge in [-0.1, -0.05) is 0 Å². The first-order chi connectivity index (χ1) is 6.27. The van der Waals surface area contributed by atoms with E-state index in [2.05, 4.69) is 13.0 Å². The van der Waals surface area contributed by atoms with Crippen molar-refractivity contribution in [1.29, 1.82) is 0 Å². The molecule has 0 fully saturated rings. The van der Waals surface area contributed by atoms with Gasteiger partial charge in [-0.3, -0.25) is 0 Å². The van der Waals surface area contributed by atoms with Gasteiger partial charge in [0.2, 0.25) is 0 Å². The van der Waals surface area contributed by atoms with Crippen molar-refractivity contribution < 1.29 is 4.42 Å². The highest BCUT2D eigenvalue weighted by molar-refractivity contribution is 7.12. The average molecular weight is 213 g/mol. The monoisotopic (exact) mass is 212 g/mol. The summed E-state index contributed by atoms with van der Waals surface area (Å²) in [5.41, 5.74) is 0. The van der Waals surface area contributed by atoms with Crippen molar-refractivity contribution in [3.8, 4) is 0 Å². The van der Waals surface area contributed by atoms with E-state index in [1.165, 1.54) is 4.88 Å². The van der Waals surface area contributed by atoms with Crippen LogP contribution in [-0.4, -0.2) is 0 Å². The molecule has 0 bridgehead atoms. The first-order valence-electron chi connectivity index (χ1n) is 4.01.